The lowest BCUT2D eigenvalue weighted by Crippen LogP contribution is -1.85. The number of nitro groups is 1. The summed E-state index contributed by atoms with van der Waals surface area (Å²) in [5, 5.41) is 10.1. The Morgan fingerprint density at radius 1 is 1.36 bits per heavy atom. The lowest BCUT2D eigenvalue weighted by molar-refractivity contribution is -0.384. The predicted molar refractivity (Wildman–Crippen MR) is 42.0 cm³/mol. The van der Waals surface area contributed by atoms with Gasteiger partial charge in [0.2, 0.25) is 0 Å². The third kappa shape index (κ3) is 1.81. The molecule has 4 nitrogen and oxygen atoms in total. The van der Waals surface area contributed by atoms with E-state index in [0.717, 1.165) is 0 Å². The summed E-state index contributed by atoms with van der Waals surface area (Å²) in [5.74, 6) is 0. The molecular formula is C6H4ClN2O2-. The first-order valence-corrected chi connectivity index (χ1v) is 3.14. The van der Waals surface area contributed by atoms with Gasteiger partial charge in [0.25, 0.3) is 5.69 Å². The van der Waals surface area contributed by atoms with Gasteiger partial charge in [0, 0.05) is 12.1 Å². The third-order valence-electron chi connectivity index (χ3n) is 1.16. The summed E-state index contributed by atoms with van der Waals surface area (Å²) >= 11 is 5.11. The lowest BCUT2D eigenvalue weighted by atomic mass is 10.3. The van der Waals surface area contributed by atoms with Gasteiger partial charge in [-0.05, 0) is 0 Å². The highest BCUT2D eigenvalue weighted by atomic mass is 35.5. The second-order valence-corrected chi connectivity index (χ2v) is 2.03. The molecule has 0 N–H and O–H groups in total. The number of nitrogens with zero attached hydrogens (tertiary/aromatic N) is 2. The largest absolute Gasteiger partial charge is 0.601 e. The van der Waals surface area contributed by atoms with Gasteiger partial charge in [0.15, 0.2) is 0 Å². The fourth-order valence-corrected chi connectivity index (χ4v) is 0.743. The molecule has 1 rings (SSSR count). The zero-order valence-corrected chi connectivity index (χ0v) is 6.15. The zero-order valence-electron chi connectivity index (χ0n) is 5.40. The van der Waals surface area contributed by atoms with Gasteiger partial charge in [-0.2, -0.15) is 0 Å². The third-order valence-corrected chi connectivity index (χ3v) is 1.35. The fraction of sp³-hybridized carbons (Fsp3) is 0. The van der Waals surface area contributed by atoms with Crippen molar-refractivity contribution >= 4 is 23.2 Å². The monoisotopic (exact) mass is 171 g/mol. The topological polar surface area (TPSA) is 57.2 Å². The van der Waals surface area contributed by atoms with Gasteiger partial charge < -0.3 is 4.84 Å². The van der Waals surface area contributed by atoms with Gasteiger partial charge in [-0.3, -0.25) is 10.1 Å². The van der Waals surface area contributed by atoms with Crippen molar-refractivity contribution in [1.82, 2.24) is 0 Å². The smallest absolute Gasteiger partial charge is 0.269 e. The number of hydrogen-bond donors (Lipinski definition) is 0. The lowest BCUT2D eigenvalue weighted by Gasteiger charge is -2.08. The van der Waals surface area contributed by atoms with Gasteiger partial charge in [0.1, 0.15) is 0 Å². The van der Waals surface area contributed by atoms with Crippen molar-refractivity contribution in [1.29, 1.82) is 0 Å². The average Bonchev–Trinajstić information content (AvgIpc) is 2.05. The predicted octanol–water partition coefficient (Wildman–Crippen LogP) is 2.75. The van der Waals surface area contributed by atoms with Crippen molar-refractivity contribution in [3.63, 3.8) is 0 Å². The molecule has 5 heteroatoms. The summed E-state index contributed by atoms with van der Waals surface area (Å²) in [5.41, 5.74) is 0.548. The molecule has 0 aliphatic heterocycles. The molecule has 0 radical (unpaired) electrons. The van der Waals surface area contributed by atoms with Gasteiger partial charge in [-0.1, -0.05) is 12.1 Å². The van der Waals surface area contributed by atoms with Crippen molar-refractivity contribution in [3.05, 3.63) is 39.2 Å². The van der Waals surface area contributed by atoms with Crippen LogP contribution in [0.3, 0.4) is 0 Å². The number of non-ortho nitro benzene ring substituents is 1. The Hall–Kier alpha value is -1.29. The number of hydrogen-bond acceptors (Lipinski definition) is 2. The van der Waals surface area contributed by atoms with Crippen LogP contribution in [0.25, 0.3) is 4.84 Å². The van der Waals surface area contributed by atoms with Crippen LogP contribution in [0.4, 0.5) is 11.4 Å². The van der Waals surface area contributed by atoms with Crippen molar-refractivity contribution in [3.8, 4) is 0 Å². The average molecular weight is 172 g/mol. The van der Waals surface area contributed by atoms with E-state index < -0.39 is 4.92 Å². The Labute approximate surface area is 68.0 Å². The minimum Gasteiger partial charge on any atom is -0.601 e. The van der Waals surface area contributed by atoms with E-state index in [9.17, 15) is 10.1 Å². The Bertz CT molecular complexity index is 260. The van der Waals surface area contributed by atoms with Gasteiger partial charge in [0.05, 0.1) is 4.92 Å². The number of rotatable bonds is 2. The molecule has 58 valence electrons. The van der Waals surface area contributed by atoms with Crippen LogP contribution in [0, 0.1) is 10.1 Å². The molecule has 11 heavy (non-hydrogen) atoms. The van der Waals surface area contributed by atoms with Crippen LogP contribution < -0.4 is 0 Å². The van der Waals surface area contributed by atoms with E-state index in [0.29, 0.717) is 5.69 Å². The maximum absolute atomic E-state index is 10.1. The van der Waals surface area contributed by atoms with Gasteiger partial charge in [-0.15, -0.1) is 5.69 Å². The molecule has 0 atom stereocenters. The van der Waals surface area contributed by atoms with Crippen LogP contribution >= 0.6 is 11.8 Å². The molecule has 1 aromatic carbocycles. The quantitative estimate of drug-likeness (QED) is 0.508. The molecule has 0 aromatic heterocycles. The molecule has 0 bridgehead atoms. The molecule has 0 saturated heterocycles. The molecule has 0 heterocycles. The van der Waals surface area contributed by atoms with Crippen LogP contribution in [0.1, 0.15) is 0 Å². The van der Waals surface area contributed by atoms with Crippen LogP contribution in [0.15, 0.2) is 24.3 Å². The van der Waals surface area contributed by atoms with Crippen molar-refractivity contribution in [2.24, 2.45) is 0 Å². The molecule has 0 unspecified atom stereocenters. The number of nitro benzene ring substituents is 1. The first-order chi connectivity index (χ1) is 5.24. The van der Waals surface area contributed by atoms with E-state index in [1.54, 1.807) is 0 Å². The van der Waals surface area contributed by atoms with Crippen LogP contribution in [0.5, 0.6) is 0 Å². The van der Waals surface area contributed by atoms with Crippen molar-refractivity contribution < 1.29 is 4.92 Å². The Kier molecular flexibility index (Phi) is 2.28. The summed E-state index contributed by atoms with van der Waals surface area (Å²) in [6.07, 6.45) is 0. The second-order valence-electron chi connectivity index (χ2n) is 1.86. The fourth-order valence-electron chi connectivity index (χ4n) is 0.631. The molecule has 0 aliphatic carbocycles. The molecular weight excluding hydrogens is 168 g/mol. The highest BCUT2D eigenvalue weighted by Crippen LogP contribution is 2.22. The molecule has 0 aliphatic rings. The summed E-state index contributed by atoms with van der Waals surface area (Å²) in [4.78, 5) is 13.0. The minimum atomic E-state index is -0.474. The van der Waals surface area contributed by atoms with E-state index in [-0.39, 0.29) is 5.69 Å². The molecule has 1 aromatic rings. The van der Waals surface area contributed by atoms with Crippen LogP contribution in [-0.2, 0) is 0 Å². The van der Waals surface area contributed by atoms with Crippen LogP contribution in [0.2, 0.25) is 0 Å². The highest BCUT2D eigenvalue weighted by Gasteiger charge is 1.99. The first-order valence-electron chi connectivity index (χ1n) is 2.80. The number of benzene rings is 1. The highest BCUT2D eigenvalue weighted by molar-refractivity contribution is 6.28. The number of halogens is 1. The summed E-state index contributed by atoms with van der Waals surface area (Å²) in [7, 11) is 0. The SMILES string of the molecule is O=[N+]([O-])c1ccc([N-]Cl)cc1. The van der Waals surface area contributed by atoms with Crippen molar-refractivity contribution in [2.75, 3.05) is 0 Å². The van der Waals surface area contributed by atoms with Crippen LogP contribution in [-0.4, -0.2) is 4.92 Å². The van der Waals surface area contributed by atoms with E-state index in [1.807, 2.05) is 0 Å². The second kappa shape index (κ2) is 3.21. The molecule has 0 amide bonds. The normalized spacial score (nSPS) is 9.18. The zero-order chi connectivity index (χ0) is 8.27. The maximum Gasteiger partial charge on any atom is 0.269 e. The standard InChI is InChI=1S/C6H4ClN2O2/c7-8-5-1-3-6(4-2-5)9(10)11/h1-4H/q-1. The van der Waals surface area contributed by atoms with E-state index >= 15 is 0 Å². The van der Waals surface area contributed by atoms with E-state index in [1.165, 1.54) is 24.3 Å². The van der Waals surface area contributed by atoms with E-state index in [4.69, 9.17) is 11.8 Å². The Morgan fingerprint density at radius 2 is 1.91 bits per heavy atom. The minimum absolute atomic E-state index is 0.0362. The van der Waals surface area contributed by atoms with Crippen molar-refractivity contribution in [2.45, 2.75) is 0 Å². The molecule has 0 saturated carbocycles. The summed E-state index contributed by atoms with van der Waals surface area (Å²) in [6, 6.07) is 5.65. The Balaban J connectivity index is 2.91. The summed E-state index contributed by atoms with van der Waals surface area (Å²) < 4.78 is 0. The molecule has 0 fully saturated rings. The molecule has 0 spiro atoms. The maximum atomic E-state index is 10.1. The summed E-state index contributed by atoms with van der Waals surface area (Å²) in [6.45, 7) is 0. The van der Waals surface area contributed by atoms with E-state index in [2.05, 4.69) is 4.84 Å². The van der Waals surface area contributed by atoms with Gasteiger partial charge >= 0.3 is 0 Å². The Morgan fingerprint density at radius 3 is 2.27 bits per heavy atom. The first kappa shape index (κ1) is 7.81. The van der Waals surface area contributed by atoms with Gasteiger partial charge in [-0.25, -0.2) is 11.8 Å².